The number of furan rings is 1. The molecule has 1 heterocycles. The average Bonchev–Trinajstić information content (AvgIpc) is 2.98. The number of amides is 1. The van der Waals surface area contributed by atoms with Gasteiger partial charge in [0, 0.05) is 23.3 Å². The molecule has 0 atom stereocenters. The lowest BCUT2D eigenvalue weighted by Crippen LogP contribution is -2.11. The summed E-state index contributed by atoms with van der Waals surface area (Å²) >= 11 is 0. The minimum Gasteiger partial charge on any atom is -0.495 e. The number of anilines is 1. The molecule has 1 N–H and O–H groups in total. The summed E-state index contributed by atoms with van der Waals surface area (Å²) < 4.78 is 11.4. The van der Waals surface area contributed by atoms with E-state index in [1.165, 1.54) is 19.3 Å². The largest absolute Gasteiger partial charge is 0.495 e. The molecule has 0 radical (unpaired) electrons. The van der Waals surface area contributed by atoms with Crippen molar-refractivity contribution in [2.75, 3.05) is 12.4 Å². The van der Waals surface area contributed by atoms with Crippen LogP contribution in [0.4, 0.5) is 5.69 Å². The first-order valence-corrected chi connectivity index (χ1v) is 9.02. The molecule has 2 aromatic carbocycles. The third-order valence-electron chi connectivity index (χ3n) is 4.48. The fourth-order valence-electron chi connectivity index (χ4n) is 3.12. The number of rotatable bonds is 8. The lowest BCUT2D eigenvalue weighted by Gasteiger charge is -2.10. The van der Waals surface area contributed by atoms with Gasteiger partial charge in [0.1, 0.15) is 16.9 Å². The van der Waals surface area contributed by atoms with Crippen LogP contribution in [-0.2, 0) is 4.79 Å². The van der Waals surface area contributed by atoms with E-state index in [2.05, 4.69) is 12.2 Å². The number of methoxy groups -OCH3 is 1. The number of nitrogens with one attached hydrogen (secondary N) is 1. The summed E-state index contributed by atoms with van der Waals surface area (Å²) in [5, 5.41) is 5.00. The van der Waals surface area contributed by atoms with Crippen LogP contribution >= 0.6 is 0 Å². The van der Waals surface area contributed by atoms with Crippen molar-refractivity contribution in [3.8, 4) is 5.75 Å². The molecule has 0 saturated carbocycles. The van der Waals surface area contributed by atoms with Crippen LogP contribution in [0.25, 0.3) is 21.9 Å². The summed E-state index contributed by atoms with van der Waals surface area (Å²) in [6.07, 6.45) is 6.18. The Kier molecular flexibility index (Phi) is 5.59. The van der Waals surface area contributed by atoms with Gasteiger partial charge in [-0.1, -0.05) is 50.8 Å². The first kappa shape index (κ1) is 17.3. The number of para-hydroxylation sites is 1. The van der Waals surface area contributed by atoms with Gasteiger partial charge >= 0.3 is 0 Å². The van der Waals surface area contributed by atoms with Gasteiger partial charge in [0.15, 0.2) is 0 Å². The number of carbonyl (C=O) groups is 1. The number of unbranched alkanes of at least 4 members (excludes halogenated alkanes) is 4. The predicted molar refractivity (Wildman–Crippen MR) is 102 cm³/mol. The summed E-state index contributed by atoms with van der Waals surface area (Å²) in [4.78, 5) is 12.2. The van der Waals surface area contributed by atoms with Crippen LogP contribution in [-0.4, -0.2) is 13.0 Å². The summed E-state index contributed by atoms with van der Waals surface area (Å²) in [5.74, 6) is 0.670. The van der Waals surface area contributed by atoms with Crippen molar-refractivity contribution >= 4 is 33.5 Å². The maximum absolute atomic E-state index is 12.2. The Morgan fingerprint density at radius 2 is 1.84 bits per heavy atom. The van der Waals surface area contributed by atoms with Crippen molar-refractivity contribution < 1.29 is 13.9 Å². The van der Waals surface area contributed by atoms with Gasteiger partial charge in [0.25, 0.3) is 0 Å². The van der Waals surface area contributed by atoms with Crippen molar-refractivity contribution in [2.45, 2.75) is 45.4 Å². The fourth-order valence-corrected chi connectivity index (χ4v) is 3.12. The molecule has 0 aliphatic rings. The van der Waals surface area contributed by atoms with E-state index in [4.69, 9.17) is 9.15 Å². The summed E-state index contributed by atoms with van der Waals surface area (Å²) in [6, 6.07) is 11.7. The molecule has 0 unspecified atom stereocenters. The van der Waals surface area contributed by atoms with Crippen molar-refractivity contribution in [1.29, 1.82) is 0 Å². The molecule has 0 fully saturated rings. The smallest absolute Gasteiger partial charge is 0.224 e. The highest BCUT2D eigenvalue weighted by Crippen LogP contribution is 2.36. The molecule has 1 aromatic heterocycles. The van der Waals surface area contributed by atoms with Gasteiger partial charge < -0.3 is 14.5 Å². The average molecular weight is 339 g/mol. The zero-order valence-electron chi connectivity index (χ0n) is 14.9. The molecule has 4 nitrogen and oxygen atoms in total. The molecule has 25 heavy (non-hydrogen) atoms. The predicted octanol–water partition coefficient (Wildman–Crippen LogP) is 5.89. The molecule has 132 valence electrons. The maximum Gasteiger partial charge on any atom is 0.224 e. The molecule has 3 rings (SSSR count). The maximum atomic E-state index is 12.2. The Morgan fingerprint density at radius 3 is 2.64 bits per heavy atom. The van der Waals surface area contributed by atoms with Gasteiger partial charge in [-0.05, 0) is 18.6 Å². The molecule has 1 amide bonds. The number of ether oxygens (including phenoxy) is 1. The van der Waals surface area contributed by atoms with E-state index in [1.54, 1.807) is 7.11 Å². The van der Waals surface area contributed by atoms with Crippen molar-refractivity contribution in [3.05, 3.63) is 36.4 Å². The molecule has 3 aromatic rings. The lowest BCUT2D eigenvalue weighted by atomic mass is 10.1. The van der Waals surface area contributed by atoms with Crippen LogP contribution in [0.15, 0.2) is 40.8 Å². The monoisotopic (exact) mass is 339 g/mol. The van der Waals surface area contributed by atoms with E-state index in [-0.39, 0.29) is 5.91 Å². The van der Waals surface area contributed by atoms with Gasteiger partial charge in [0.2, 0.25) is 5.91 Å². The van der Waals surface area contributed by atoms with Crippen LogP contribution in [0.1, 0.15) is 45.4 Å². The Morgan fingerprint density at radius 1 is 1.04 bits per heavy atom. The number of fused-ring (bicyclic) bond motifs is 3. The van der Waals surface area contributed by atoms with Crippen LogP contribution < -0.4 is 10.1 Å². The lowest BCUT2D eigenvalue weighted by molar-refractivity contribution is -0.116. The Hall–Kier alpha value is -2.49. The number of hydrogen-bond acceptors (Lipinski definition) is 3. The summed E-state index contributed by atoms with van der Waals surface area (Å²) in [5.41, 5.74) is 2.24. The van der Waals surface area contributed by atoms with E-state index in [1.807, 2.05) is 36.4 Å². The standard InChI is InChI=1S/C21H25NO3/c1-3-4-5-6-7-12-21(23)22-17-14-19-16(13-20(17)24-2)15-10-8-9-11-18(15)25-19/h8-11,13-14H,3-7,12H2,1-2H3,(H,22,23). The van der Waals surface area contributed by atoms with Crippen LogP contribution in [0.2, 0.25) is 0 Å². The zero-order chi connectivity index (χ0) is 17.6. The second-order valence-electron chi connectivity index (χ2n) is 6.36. The number of hydrogen-bond donors (Lipinski definition) is 1. The summed E-state index contributed by atoms with van der Waals surface area (Å²) in [6.45, 7) is 2.19. The van der Waals surface area contributed by atoms with Gasteiger partial charge in [-0.2, -0.15) is 0 Å². The molecular weight excluding hydrogens is 314 g/mol. The molecule has 4 heteroatoms. The highest BCUT2D eigenvalue weighted by molar-refractivity contribution is 6.07. The zero-order valence-corrected chi connectivity index (χ0v) is 14.9. The van der Waals surface area contributed by atoms with Gasteiger partial charge in [-0.25, -0.2) is 0 Å². The van der Waals surface area contributed by atoms with E-state index in [9.17, 15) is 4.79 Å². The first-order chi connectivity index (χ1) is 12.2. The molecule has 0 bridgehead atoms. The third-order valence-corrected chi connectivity index (χ3v) is 4.48. The molecule has 0 saturated heterocycles. The second kappa shape index (κ2) is 8.06. The van der Waals surface area contributed by atoms with Crippen LogP contribution in [0.5, 0.6) is 5.75 Å². The second-order valence-corrected chi connectivity index (χ2v) is 6.36. The topological polar surface area (TPSA) is 51.5 Å². The summed E-state index contributed by atoms with van der Waals surface area (Å²) in [7, 11) is 1.61. The molecular formula is C21H25NO3. The number of carbonyl (C=O) groups excluding carboxylic acids is 1. The fraction of sp³-hybridized carbons (Fsp3) is 0.381. The van der Waals surface area contributed by atoms with Gasteiger partial charge in [0.05, 0.1) is 12.8 Å². The minimum absolute atomic E-state index is 0.0188. The van der Waals surface area contributed by atoms with Gasteiger partial charge in [-0.15, -0.1) is 0 Å². The van der Waals surface area contributed by atoms with E-state index in [0.717, 1.165) is 34.8 Å². The van der Waals surface area contributed by atoms with Gasteiger partial charge in [-0.3, -0.25) is 4.79 Å². The molecule has 0 aliphatic heterocycles. The van der Waals surface area contributed by atoms with E-state index in [0.29, 0.717) is 17.9 Å². The molecule has 0 spiro atoms. The van der Waals surface area contributed by atoms with Crippen molar-refractivity contribution in [1.82, 2.24) is 0 Å². The first-order valence-electron chi connectivity index (χ1n) is 9.02. The quantitative estimate of drug-likeness (QED) is 0.520. The van der Waals surface area contributed by atoms with Crippen LogP contribution in [0, 0.1) is 0 Å². The van der Waals surface area contributed by atoms with Crippen molar-refractivity contribution in [3.63, 3.8) is 0 Å². The third kappa shape index (κ3) is 3.95. The van der Waals surface area contributed by atoms with Crippen molar-refractivity contribution in [2.24, 2.45) is 0 Å². The van der Waals surface area contributed by atoms with Crippen LogP contribution in [0.3, 0.4) is 0 Å². The van der Waals surface area contributed by atoms with E-state index < -0.39 is 0 Å². The highest BCUT2D eigenvalue weighted by atomic mass is 16.5. The minimum atomic E-state index is 0.0188. The normalized spacial score (nSPS) is 11.1. The highest BCUT2D eigenvalue weighted by Gasteiger charge is 2.13. The SMILES string of the molecule is CCCCCCCC(=O)Nc1cc2oc3ccccc3c2cc1OC. The number of benzene rings is 2. The Labute approximate surface area is 148 Å². The molecule has 0 aliphatic carbocycles. The Balaban J connectivity index is 1.76. The van der Waals surface area contributed by atoms with E-state index >= 15 is 0 Å². The Bertz CT molecular complexity index is 866.